The lowest BCUT2D eigenvalue weighted by Gasteiger charge is -2.11. The van der Waals surface area contributed by atoms with Gasteiger partial charge in [0, 0.05) is 16.0 Å². The van der Waals surface area contributed by atoms with E-state index >= 15 is 0 Å². The van der Waals surface area contributed by atoms with Gasteiger partial charge in [0.05, 0.1) is 11.3 Å². The highest BCUT2D eigenvalue weighted by Crippen LogP contribution is 2.25. The minimum Gasteiger partial charge on any atom is -0.478 e. The summed E-state index contributed by atoms with van der Waals surface area (Å²) in [6.07, 6.45) is 0. The van der Waals surface area contributed by atoms with Crippen molar-refractivity contribution in [2.75, 3.05) is 5.32 Å². The summed E-state index contributed by atoms with van der Waals surface area (Å²) in [6.45, 7) is 0.536. The number of carboxylic acids is 1. The molecule has 0 fully saturated rings. The molecule has 0 saturated carbocycles. The highest BCUT2D eigenvalue weighted by molar-refractivity contribution is 9.10. The molecule has 0 bridgehead atoms. The Balaban J connectivity index is 2.18. The number of carbonyl (C=O) groups is 1. The third-order valence-electron chi connectivity index (χ3n) is 2.62. The number of rotatable bonds is 4. The van der Waals surface area contributed by atoms with Crippen LogP contribution < -0.4 is 5.32 Å². The lowest BCUT2D eigenvalue weighted by Crippen LogP contribution is -2.07. The molecular formula is C14H11BrClNO2. The maximum Gasteiger partial charge on any atom is 0.338 e. The second-order valence-electron chi connectivity index (χ2n) is 3.95. The Morgan fingerprint density at radius 3 is 2.53 bits per heavy atom. The van der Waals surface area contributed by atoms with E-state index < -0.39 is 5.97 Å². The predicted molar refractivity (Wildman–Crippen MR) is 79.9 cm³/mol. The zero-order valence-corrected chi connectivity index (χ0v) is 12.2. The molecule has 0 aliphatic heterocycles. The van der Waals surface area contributed by atoms with Crippen LogP contribution in [-0.2, 0) is 6.54 Å². The zero-order chi connectivity index (χ0) is 13.8. The summed E-state index contributed by atoms with van der Waals surface area (Å²) < 4.78 is 0.557. The van der Waals surface area contributed by atoms with Crippen molar-refractivity contribution in [1.82, 2.24) is 0 Å². The Morgan fingerprint density at radius 2 is 1.89 bits per heavy atom. The van der Waals surface area contributed by atoms with Crippen molar-refractivity contribution in [3.05, 3.63) is 63.1 Å². The number of halogens is 2. The molecule has 0 atom stereocenters. The number of anilines is 1. The number of aromatic carboxylic acids is 1. The average Bonchev–Trinajstić information content (AvgIpc) is 2.37. The topological polar surface area (TPSA) is 49.3 Å². The Bertz CT molecular complexity index is 599. The van der Waals surface area contributed by atoms with Gasteiger partial charge in [-0.3, -0.25) is 0 Å². The van der Waals surface area contributed by atoms with E-state index in [0.717, 1.165) is 5.56 Å². The Morgan fingerprint density at radius 1 is 1.21 bits per heavy atom. The van der Waals surface area contributed by atoms with Crippen LogP contribution in [0, 0.1) is 0 Å². The molecule has 98 valence electrons. The lowest BCUT2D eigenvalue weighted by molar-refractivity contribution is 0.0697. The third kappa shape index (κ3) is 3.49. The number of carboxylic acid groups (broad SMARTS) is 1. The quantitative estimate of drug-likeness (QED) is 0.866. The van der Waals surface area contributed by atoms with E-state index in [9.17, 15) is 9.90 Å². The van der Waals surface area contributed by atoms with E-state index in [-0.39, 0.29) is 5.56 Å². The second-order valence-corrected chi connectivity index (χ2v) is 5.24. The van der Waals surface area contributed by atoms with Crippen molar-refractivity contribution < 1.29 is 9.90 Å². The molecule has 0 radical (unpaired) electrons. The summed E-state index contributed by atoms with van der Waals surface area (Å²) in [5, 5.41) is 13.0. The van der Waals surface area contributed by atoms with Gasteiger partial charge in [-0.2, -0.15) is 0 Å². The van der Waals surface area contributed by atoms with Crippen LogP contribution in [0.15, 0.2) is 46.9 Å². The van der Waals surface area contributed by atoms with Crippen LogP contribution in [0.2, 0.25) is 5.02 Å². The van der Waals surface area contributed by atoms with Crippen molar-refractivity contribution in [2.24, 2.45) is 0 Å². The van der Waals surface area contributed by atoms with Gasteiger partial charge in [0.25, 0.3) is 0 Å². The van der Waals surface area contributed by atoms with Gasteiger partial charge in [-0.25, -0.2) is 4.79 Å². The maximum atomic E-state index is 11.2. The van der Waals surface area contributed by atoms with Gasteiger partial charge in [-0.1, -0.05) is 29.8 Å². The molecular weight excluding hydrogens is 330 g/mol. The van der Waals surface area contributed by atoms with Gasteiger partial charge in [0.15, 0.2) is 0 Å². The van der Waals surface area contributed by atoms with Crippen LogP contribution in [0.25, 0.3) is 0 Å². The summed E-state index contributed by atoms with van der Waals surface area (Å²) in [5.74, 6) is -0.967. The van der Waals surface area contributed by atoms with Crippen molar-refractivity contribution in [3.8, 4) is 0 Å². The summed E-state index contributed by atoms with van der Waals surface area (Å²) in [6, 6.07) is 12.6. The Kier molecular flexibility index (Phi) is 4.45. The molecule has 3 nitrogen and oxygen atoms in total. The first-order chi connectivity index (χ1) is 9.08. The largest absolute Gasteiger partial charge is 0.478 e. The van der Waals surface area contributed by atoms with Crippen LogP contribution in [-0.4, -0.2) is 11.1 Å². The zero-order valence-electron chi connectivity index (χ0n) is 9.86. The van der Waals surface area contributed by atoms with E-state index in [1.807, 2.05) is 12.1 Å². The summed E-state index contributed by atoms with van der Waals surface area (Å²) >= 11 is 9.06. The van der Waals surface area contributed by atoms with Crippen LogP contribution in [0.3, 0.4) is 0 Å². The normalized spacial score (nSPS) is 10.2. The highest BCUT2D eigenvalue weighted by Gasteiger charge is 2.13. The molecule has 0 aliphatic carbocycles. The number of benzene rings is 2. The molecule has 2 N–H and O–H groups in total. The summed E-state index contributed by atoms with van der Waals surface area (Å²) in [7, 11) is 0. The SMILES string of the molecule is O=C(O)c1c(Br)cccc1NCc1ccc(Cl)cc1. The summed E-state index contributed by atoms with van der Waals surface area (Å²) in [4.78, 5) is 11.2. The van der Waals surface area contributed by atoms with Crippen molar-refractivity contribution in [1.29, 1.82) is 0 Å². The molecule has 0 aliphatic rings. The average molecular weight is 341 g/mol. The molecule has 0 amide bonds. The maximum absolute atomic E-state index is 11.2. The Labute approximate surface area is 124 Å². The van der Waals surface area contributed by atoms with Gasteiger partial charge < -0.3 is 10.4 Å². The smallest absolute Gasteiger partial charge is 0.338 e. The van der Waals surface area contributed by atoms with Crippen LogP contribution >= 0.6 is 27.5 Å². The number of hydrogen-bond acceptors (Lipinski definition) is 2. The van der Waals surface area contributed by atoms with Crippen molar-refractivity contribution in [3.63, 3.8) is 0 Å². The van der Waals surface area contributed by atoms with Crippen LogP contribution in [0.4, 0.5) is 5.69 Å². The minimum absolute atomic E-state index is 0.233. The van der Waals surface area contributed by atoms with Crippen molar-refractivity contribution >= 4 is 39.2 Å². The number of nitrogens with one attached hydrogen (secondary N) is 1. The van der Waals surface area contributed by atoms with Crippen LogP contribution in [0.1, 0.15) is 15.9 Å². The molecule has 0 heterocycles. The second kappa shape index (κ2) is 6.08. The molecule has 5 heteroatoms. The predicted octanol–water partition coefficient (Wildman–Crippen LogP) is 4.41. The monoisotopic (exact) mass is 339 g/mol. The van der Waals surface area contributed by atoms with E-state index in [0.29, 0.717) is 21.7 Å². The molecule has 2 aromatic carbocycles. The lowest BCUT2D eigenvalue weighted by atomic mass is 10.1. The molecule has 0 spiro atoms. The van der Waals surface area contributed by atoms with Gasteiger partial charge >= 0.3 is 5.97 Å². The van der Waals surface area contributed by atoms with Gasteiger partial charge in [0.1, 0.15) is 0 Å². The molecule has 2 aromatic rings. The van der Waals surface area contributed by atoms with Gasteiger partial charge in [-0.05, 0) is 45.8 Å². The van der Waals surface area contributed by atoms with E-state index in [4.69, 9.17) is 11.6 Å². The van der Waals surface area contributed by atoms with E-state index in [2.05, 4.69) is 21.2 Å². The molecule has 0 unspecified atom stereocenters. The standard InChI is InChI=1S/C14H11BrClNO2/c15-11-2-1-3-12(13(11)14(18)19)17-8-9-4-6-10(16)7-5-9/h1-7,17H,8H2,(H,18,19). The molecule has 0 saturated heterocycles. The molecule has 0 aromatic heterocycles. The van der Waals surface area contributed by atoms with E-state index in [1.54, 1.807) is 30.3 Å². The summed E-state index contributed by atoms with van der Waals surface area (Å²) in [5.41, 5.74) is 1.84. The first kappa shape index (κ1) is 13.9. The molecule has 2 rings (SSSR count). The van der Waals surface area contributed by atoms with Gasteiger partial charge in [-0.15, -0.1) is 0 Å². The third-order valence-corrected chi connectivity index (χ3v) is 3.54. The molecule has 19 heavy (non-hydrogen) atoms. The fourth-order valence-corrected chi connectivity index (χ4v) is 2.35. The number of hydrogen-bond donors (Lipinski definition) is 2. The van der Waals surface area contributed by atoms with Crippen molar-refractivity contribution in [2.45, 2.75) is 6.54 Å². The highest BCUT2D eigenvalue weighted by atomic mass is 79.9. The fourth-order valence-electron chi connectivity index (χ4n) is 1.69. The Hall–Kier alpha value is -1.52. The minimum atomic E-state index is -0.967. The fraction of sp³-hybridized carbons (Fsp3) is 0.0714. The van der Waals surface area contributed by atoms with Gasteiger partial charge in [0.2, 0.25) is 0 Å². The first-order valence-electron chi connectivity index (χ1n) is 5.58. The first-order valence-corrected chi connectivity index (χ1v) is 6.75. The van der Waals surface area contributed by atoms with Crippen LogP contribution in [0.5, 0.6) is 0 Å². The van der Waals surface area contributed by atoms with E-state index in [1.165, 1.54) is 0 Å².